The molecule has 0 aliphatic carbocycles. The highest BCUT2D eigenvalue weighted by Crippen LogP contribution is 2.20. The van der Waals surface area contributed by atoms with Crippen molar-refractivity contribution in [2.24, 2.45) is 5.73 Å². The first-order chi connectivity index (χ1) is 7.25. The number of carbonyl (C=O) groups excluding carboxylic acids is 1. The van der Waals surface area contributed by atoms with Gasteiger partial charge in [0.1, 0.15) is 18.5 Å². The van der Waals surface area contributed by atoms with Crippen LogP contribution in [0.25, 0.3) is 0 Å². The third-order valence-electron chi connectivity index (χ3n) is 2.16. The minimum Gasteiger partial charge on any atom is -0.490 e. The number of primary amides is 1. The zero-order chi connectivity index (χ0) is 10.7. The van der Waals surface area contributed by atoms with Gasteiger partial charge in [0, 0.05) is 5.56 Å². The van der Waals surface area contributed by atoms with Gasteiger partial charge in [-0.1, -0.05) is 18.2 Å². The van der Waals surface area contributed by atoms with Gasteiger partial charge < -0.3 is 15.2 Å². The maximum atomic E-state index is 10.8. The molecule has 80 valence electrons. The second-order valence-corrected chi connectivity index (χ2v) is 3.52. The van der Waals surface area contributed by atoms with Gasteiger partial charge in [-0.3, -0.25) is 4.79 Å². The minimum absolute atomic E-state index is 0.210. The number of nitrogens with two attached hydrogens (primary N) is 1. The minimum atomic E-state index is -0.353. The number of para-hydroxylation sites is 1. The molecule has 1 fully saturated rings. The Morgan fingerprint density at radius 1 is 1.53 bits per heavy atom. The molecule has 4 heteroatoms. The van der Waals surface area contributed by atoms with Gasteiger partial charge in [-0.15, -0.1) is 0 Å². The highest BCUT2D eigenvalue weighted by atomic mass is 16.6. The molecule has 1 aliphatic rings. The molecule has 0 bridgehead atoms. The molecule has 2 rings (SSSR count). The number of hydrogen-bond donors (Lipinski definition) is 1. The molecule has 0 spiro atoms. The lowest BCUT2D eigenvalue weighted by molar-refractivity contribution is -0.117. The van der Waals surface area contributed by atoms with Crippen LogP contribution < -0.4 is 10.5 Å². The smallest absolute Gasteiger partial charge is 0.221 e. The van der Waals surface area contributed by atoms with Gasteiger partial charge in [-0.05, 0) is 6.07 Å². The zero-order valence-electron chi connectivity index (χ0n) is 8.31. The van der Waals surface area contributed by atoms with Crippen molar-refractivity contribution in [3.05, 3.63) is 29.8 Å². The Morgan fingerprint density at radius 2 is 2.27 bits per heavy atom. The average Bonchev–Trinajstić information content (AvgIpc) is 2.99. The normalized spacial score (nSPS) is 18.5. The second kappa shape index (κ2) is 4.31. The fourth-order valence-electron chi connectivity index (χ4n) is 1.33. The van der Waals surface area contributed by atoms with E-state index in [0.29, 0.717) is 12.4 Å². The van der Waals surface area contributed by atoms with Crippen molar-refractivity contribution in [3.8, 4) is 5.75 Å². The number of epoxide rings is 1. The van der Waals surface area contributed by atoms with E-state index in [9.17, 15) is 4.79 Å². The lowest BCUT2D eigenvalue weighted by Gasteiger charge is -2.08. The fourth-order valence-corrected chi connectivity index (χ4v) is 1.33. The summed E-state index contributed by atoms with van der Waals surface area (Å²) < 4.78 is 10.6. The molecule has 1 amide bonds. The zero-order valence-corrected chi connectivity index (χ0v) is 8.31. The van der Waals surface area contributed by atoms with Crippen LogP contribution in [-0.4, -0.2) is 25.2 Å². The molecule has 1 saturated heterocycles. The molecule has 0 aromatic heterocycles. The van der Waals surface area contributed by atoms with Crippen LogP contribution in [-0.2, 0) is 16.0 Å². The summed E-state index contributed by atoms with van der Waals surface area (Å²) in [4.78, 5) is 10.8. The van der Waals surface area contributed by atoms with E-state index in [1.165, 1.54) is 0 Å². The van der Waals surface area contributed by atoms with Gasteiger partial charge >= 0.3 is 0 Å². The van der Waals surface area contributed by atoms with E-state index in [1.54, 1.807) is 0 Å². The van der Waals surface area contributed by atoms with Crippen LogP contribution in [0.2, 0.25) is 0 Å². The Hall–Kier alpha value is -1.55. The number of amides is 1. The van der Waals surface area contributed by atoms with Crippen LogP contribution in [0.3, 0.4) is 0 Å². The third-order valence-corrected chi connectivity index (χ3v) is 2.16. The number of ether oxygens (including phenoxy) is 2. The average molecular weight is 207 g/mol. The Balaban J connectivity index is 2.02. The van der Waals surface area contributed by atoms with E-state index in [1.807, 2.05) is 24.3 Å². The number of hydrogen-bond acceptors (Lipinski definition) is 3. The largest absolute Gasteiger partial charge is 0.490 e. The molecule has 0 radical (unpaired) electrons. The summed E-state index contributed by atoms with van der Waals surface area (Å²) in [6.07, 6.45) is 0.424. The lowest BCUT2D eigenvalue weighted by Crippen LogP contribution is -2.15. The first-order valence-electron chi connectivity index (χ1n) is 4.86. The van der Waals surface area contributed by atoms with E-state index < -0.39 is 0 Å². The molecular formula is C11H13NO3. The van der Waals surface area contributed by atoms with Crippen molar-refractivity contribution >= 4 is 5.91 Å². The van der Waals surface area contributed by atoms with E-state index in [4.69, 9.17) is 15.2 Å². The molecular weight excluding hydrogens is 194 g/mol. The topological polar surface area (TPSA) is 64.9 Å². The second-order valence-electron chi connectivity index (χ2n) is 3.52. The predicted molar refractivity (Wildman–Crippen MR) is 54.6 cm³/mol. The summed E-state index contributed by atoms with van der Waals surface area (Å²) in [5, 5.41) is 0. The molecule has 4 nitrogen and oxygen atoms in total. The van der Waals surface area contributed by atoms with Gasteiger partial charge in [-0.2, -0.15) is 0 Å². The maximum Gasteiger partial charge on any atom is 0.221 e. The van der Waals surface area contributed by atoms with Gasteiger partial charge in [0.15, 0.2) is 0 Å². The SMILES string of the molecule is NC(=O)Cc1ccccc1OCC1CO1. The van der Waals surface area contributed by atoms with Crippen LogP contribution in [0.1, 0.15) is 5.56 Å². The van der Waals surface area contributed by atoms with Gasteiger partial charge in [0.05, 0.1) is 13.0 Å². The summed E-state index contributed by atoms with van der Waals surface area (Å²) in [5.74, 6) is 0.362. The van der Waals surface area contributed by atoms with Crippen LogP contribution >= 0.6 is 0 Å². The van der Waals surface area contributed by atoms with Crippen LogP contribution in [0.4, 0.5) is 0 Å². The van der Waals surface area contributed by atoms with Crippen LogP contribution in [0.15, 0.2) is 24.3 Å². The molecule has 15 heavy (non-hydrogen) atoms. The van der Waals surface area contributed by atoms with E-state index >= 15 is 0 Å². The quantitative estimate of drug-likeness (QED) is 0.715. The predicted octanol–water partition coefficient (Wildman–Crippen LogP) is 0.492. The monoisotopic (exact) mass is 207 g/mol. The fraction of sp³-hybridized carbons (Fsp3) is 0.364. The molecule has 1 aromatic rings. The summed E-state index contributed by atoms with van der Waals surface area (Å²) in [7, 11) is 0. The Bertz CT molecular complexity index is 361. The molecule has 0 saturated carbocycles. The van der Waals surface area contributed by atoms with E-state index in [-0.39, 0.29) is 18.4 Å². The lowest BCUT2D eigenvalue weighted by atomic mass is 10.1. The molecule has 2 N–H and O–H groups in total. The molecule has 1 aliphatic heterocycles. The Kier molecular flexibility index (Phi) is 2.87. The van der Waals surface area contributed by atoms with Gasteiger partial charge in [-0.25, -0.2) is 0 Å². The summed E-state index contributed by atoms with van der Waals surface area (Å²) in [5.41, 5.74) is 5.97. The Morgan fingerprint density at radius 3 is 2.93 bits per heavy atom. The van der Waals surface area contributed by atoms with Crippen molar-refractivity contribution < 1.29 is 14.3 Å². The number of benzene rings is 1. The third kappa shape index (κ3) is 2.95. The first kappa shape index (κ1) is 9.98. The summed E-state index contributed by atoms with van der Waals surface area (Å²) in [6.45, 7) is 1.30. The molecule has 1 aromatic carbocycles. The molecule has 1 heterocycles. The van der Waals surface area contributed by atoms with Crippen LogP contribution in [0.5, 0.6) is 5.75 Å². The highest BCUT2D eigenvalue weighted by Gasteiger charge is 2.23. The van der Waals surface area contributed by atoms with E-state index in [0.717, 1.165) is 12.2 Å². The van der Waals surface area contributed by atoms with Crippen molar-refractivity contribution in [2.45, 2.75) is 12.5 Å². The number of carbonyl (C=O) groups is 1. The first-order valence-corrected chi connectivity index (χ1v) is 4.86. The molecule has 1 unspecified atom stereocenters. The van der Waals surface area contributed by atoms with Crippen molar-refractivity contribution in [1.29, 1.82) is 0 Å². The molecule has 1 atom stereocenters. The van der Waals surface area contributed by atoms with E-state index in [2.05, 4.69) is 0 Å². The summed E-state index contributed by atoms with van der Waals surface area (Å²) >= 11 is 0. The van der Waals surface area contributed by atoms with Crippen LogP contribution in [0, 0.1) is 0 Å². The standard InChI is InChI=1S/C11H13NO3/c12-11(13)5-8-3-1-2-4-10(8)15-7-9-6-14-9/h1-4,9H,5-7H2,(H2,12,13). The maximum absolute atomic E-state index is 10.8. The Labute approximate surface area is 88.0 Å². The van der Waals surface area contributed by atoms with Crippen molar-refractivity contribution in [2.75, 3.05) is 13.2 Å². The summed E-state index contributed by atoms with van der Waals surface area (Å²) in [6, 6.07) is 7.40. The number of rotatable bonds is 5. The van der Waals surface area contributed by atoms with Gasteiger partial charge in [0.25, 0.3) is 0 Å². The van der Waals surface area contributed by atoms with Gasteiger partial charge in [0.2, 0.25) is 5.91 Å². The van der Waals surface area contributed by atoms with Crippen molar-refractivity contribution in [1.82, 2.24) is 0 Å². The van der Waals surface area contributed by atoms with Crippen molar-refractivity contribution in [3.63, 3.8) is 0 Å². The highest BCUT2D eigenvalue weighted by molar-refractivity contribution is 5.77.